The monoisotopic (exact) mass is 443 g/mol. The topological polar surface area (TPSA) is 75.3 Å². The largest absolute Gasteiger partial charge is 0.356 e. The molecule has 6 nitrogen and oxygen atoms in total. The zero-order chi connectivity index (χ0) is 16.5. The molecule has 132 valence electrons. The van der Waals surface area contributed by atoms with Crippen molar-refractivity contribution in [3.8, 4) is 0 Å². The van der Waals surface area contributed by atoms with E-state index < -0.39 is 0 Å². The zero-order valence-corrected chi connectivity index (χ0v) is 16.8. The van der Waals surface area contributed by atoms with Crippen molar-refractivity contribution in [2.24, 2.45) is 4.99 Å². The summed E-state index contributed by atoms with van der Waals surface area (Å²) in [5.41, 5.74) is 2.44. The van der Waals surface area contributed by atoms with Gasteiger partial charge in [0.1, 0.15) is 0 Å². The Hall–Kier alpha value is -1.64. The standard InChI is InChI=1S/C17H25N5O.HI/c1-4-5-10-18-17(20-12-16-21-14(3)23-22-16)19-11-15-8-6-13(2)7-9-15;/h6-9H,4-5,10-12H2,1-3H3,(H2,18,19,20);1H. The summed E-state index contributed by atoms with van der Waals surface area (Å²) in [4.78, 5) is 8.81. The number of guanidine groups is 1. The molecule has 2 rings (SSSR count). The summed E-state index contributed by atoms with van der Waals surface area (Å²) < 4.78 is 4.97. The number of aliphatic imine (C=N–C) groups is 1. The number of benzene rings is 1. The second-order valence-corrected chi connectivity index (χ2v) is 5.51. The van der Waals surface area contributed by atoms with E-state index in [9.17, 15) is 0 Å². The Labute approximate surface area is 160 Å². The van der Waals surface area contributed by atoms with Gasteiger partial charge in [-0.25, -0.2) is 4.99 Å². The molecule has 2 N–H and O–H groups in total. The van der Waals surface area contributed by atoms with Gasteiger partial charge in [-0.05, 0) is 18.9 Å². The lowest BCUT2D eigenvalue weighted by Gasteiger charge is -2.11. The number of hydrogen-bond donors (Lipinski definition) is 2. The number of rotatable bonds is 7. The van der Waals surface area contributed by atoms with Crippen LogP contribution in [-0.4, -0.2) is 22.6 Å². The highest BCUT2D eigenvalue weighted by Gasteiger charge is 2.04. The molecule has 0 amide bonds. The number of nitrogens with one attached hydrogen (secondary N) is 2. The lowest BCUT2D eigenvalue weighted by molar-refractivity contribution is 0.386. The molecule has 0 fully saturated rings. The number of aromatic nitrogens is 2. The van der Waals surface area contributed by atoms with E-state index in [0.29, 0.717) is 24.8 Å². The van der Waals surface area contributed by atoms with Crippen LogP contribution in [0.5, 0.6) is 0 Å². The molecule has 2 aromatic rings. The third kappa shape index (κ3) is 7.29. The SMILES string of the molecule is CCCCNC(=NCc1ccc(C)cc1)NCc1noc(C)n1.I. The second-order valence-electron chi connectivity index (χ2n) is 5.51. The first kappa shape index (κ1) is 20.4. The quantitative estimate of drug-likeness (QED) is 0.297. The van der Waals surface area contributed by atoms with E-state index >= 15 is 0 Å². The van der Waals surface area contributed by atoms with Crippen molar-refractivity contribution in [2.75, 3.05) is 6.54 Å². The molecule has 0 saturated heterocycles. The van der Waals surface area contributed by atoms with Crippen LogP contribution in [-0.2, 0) is 13.1 Å². The Morgan fingerprint density at radius 3 is 2.54 bits per heavy atom. The van der Waals surface area contributed by atoms with Crippen molar-refractivity contribution < 1.29 is 4.52 Å². The Kier molecular flexibility index (Phi) is 9.36. The Bertz CT molecular complexity index is 624. The molecule has 0 radical (unpaired) electrons. The molecule has 0 bridgehead atoms. The van der Waals surface area contributed by atoms with Gasteiger partial charge in [-0.1, -0.05) is 48.3 Å². The maximum atomic E-state index is 4.97. The van der Waals surface area contributed by atoms with Gasteiger partial charge in [0.15, 0.2) is 11.8 Å². The molecule has 1 aromatic heterocycles. The number of nitrogens with zero attached hydrogens (tertiary/aromatic N) is 3. The zero-order valence-electron chi connectivity index (χ0n) is 14.5. The van der Waals surface area contributed by atoms with Gasteiger partial charge in [-0.3, -0.25) is 0 Å². The molecule has 0 aliphatic heterocycles. The van der Waals surface area contributed by atoms with Gasteiger partial charge in [-0.15, -0.1) is 24.0 Å². The van der Waals surface area contributed by atoms with Crippen molar-refractivity contribution in [2.45, 2.75) is 46.7 Å². The van der Waals surface area contributed by atoms with Crippen molar-refractivity contribution in [1.29, 1.82) is 0 Å². The van der Waals surface area contributed by atoms with E-state index in [-0.39, 0.29) is 24.0 Å². The van der Waals surface area contributed by atoms with Gasteiger partial charge in [-0.2, -0.15) is 4.98 Å². The average Bonchev–Trinajstić information content (AvgIpc) is 2.96. The Morgan fingerprint density at radius 2 is 1.92 bits per heavy atom. The van der Waals surface area contributed by atoms with Crippen molar-refractivity contribution >= 4 is 29.9 Å². The van der Waals surface area contributed by atoms with Crippen LogP contribution in [0.3, 0.4) is 0 Å². The van der Waals surface area contributed by atoms with E-state index in [2.05, 4.69) is 63.9 Å². The van der Waals surface area contributed by atoms with Crippen LogP contribution in [0.15, 0.2) is 33.8 Å². The summed E-state index contributed by atoms with van der Waals surface area (Å²) in [5.74, 6) is 1.96. The molecule has 0 spiro atoms. The first-order valence-corrected chi connectivity index (χ1v) is 8.04. The molecule has 1 aromatic carbocycles. The van der Waals surface area contributed by atoms with E-state index in [0.717, 1.165) is 25.3 Å². The molecule has 0 aliphatic rings. The predicted octanol–water partition coefficient (Wildman–Crippen LogP) is 3.34. The van der Waals surface area contributed by atoms with Gasteiger partial charge in [0.25, 0.3) is 0 Å². The summed E-state index contributed by atoms with van der Waals surface area (Å²) in [6.45, 7) is 8.04. The summed E-state index contributed by atoms with van der Waals surface area (Å²) in [7, 11) is 0. The van der Waals surface area contributed by atoms with Crippen LogP contribution >= 0.6 is 24.0 Å². The lowest BCUT2D eigenvalue weighted by atomic mass is 10.1. The highest BCUT2D eigenvalue weighted by Crippen LogP contribution is 2.04. The minimum Gasteiger partial charge on any atom is -0.356 e. The van der Waals surface area contributed by atoms with Crippen molar-refractivity contribution in [1.82, 2.24) is 20.8 Å². The number of halogens is 1. The third-order valence-corrected chi connectivity index (χ3v) is 3.35. The predicted molar refractivity (Wildman–Crippen MR) is 107 cm³/mol. The van der Waals surface area contributed by atoms with Crippen LogP contribution in [0.1, 0.15) is 42.6 Å². The fourth-order valence-electron chi connectivity index (χ4n) is 2.00. The van der Waals surface area contributed by atoms with Crippen LogP contribution in [0.4, 0.5) is 0 Å². The van der Waals surface area contributed by atoms with Crippen LogP contribution in [0.2, 0.25) is 0 Å². The minimum absolute atomic E-state index is 0. The maximum absolute atomic E-state index is 4.97. The van der Waals surface area contributed by atoms with E-state index in [1.165, 1.54) is 11.1 Å². The maximum Gasteiger partial charge on any atom is 0.223 e. The second kappa shape index (κ2) is 11.0. The molecular formula is C17H26IN5O. The molecular weight excluding hydrogens is 417 g/mol. The number of unbranched alkanes of at least 4 members (excludes halogenated alkanes) is 1. The first-order valence-electron chi connectivity index (χ1n) is 8.04. The van der Waals surface area contributed by atoms with Crippen molar-refractivity contribution in [3.63, 3.8) is 0 Å². The first-order chi connectivity index (χ1) is 11.2. The molecule has 1 heterocycles. The average molecular weight is 443 g/mol. The summed E-state index contributed by atoms with van der Waals surface area (Å²) in [6.07, 6.45) is 2.24. The summed E-state index contributed by atoms with van der Waals surface area (Å²) >= 11 is 0. The molecule has 0 saturated carbocycles. The van der Waals surface area contributed by atoms with Gasteiger partial charge >= 0.3 is 0 Å². The Balaban J connectivity index is 0.00000288. The highest BCUT2D eigenvalue weighted by molar-refractivity contribution is 14.0. The smallest absolute Gasteiger partial charge is 0.223 e. The van der Waals surface area contributed by atoms with E-state index in [4.69, 9.17) is 4.52 Å². The fraction of sp³-hybridized carbons (Fsp3) is 0.471. The molecule has 0 atom stereocenters. The van der Waals surface area contributed by atoms with Gasteiger partial charge in [0.05, 0.1) is 13.1 Å². The van der Waals surface area contributed by atoms with Crippen LogP contribution in [0, 0.1) is 13.8 Å². The van der Waals surface area contributed by atoms with E-state index in [1.807, 2.05) is 0 Å². The van der Waals surface area contributed by atoms with Crippen molar-refractivity contribution in [3.05, 3.63) is 47.1 Å². The van der Waals surface area contributed by atoms with Crippen LogP contribution < -0.4 is 10.6 Å². The lowest BCUT2D eigenvalue weighted by Crippen LogP contribution is -2.37. The molecule has 0 unspecified atom stereocenters. The van der Waals surface area contributed by atoms with E-state index in [1.54, 1.807) is 6.92 Å². The third-order valence-electron chi connectivity index (χ3n) is 3.35. The van der Waals surface area contributed by atoms with Gasteiger partial charge < -0.3 is 15.2 Å². The molecule has 7 heteroatoms. The summed E-state index contributed by atoms with van der Waals surface area (Å²) in [6, 6.07) is 8.41. The Morgan fingerprint density at radius 1 is 1.17 bits per heavy atom. The van der Waals surface area contributed by atoms with Gasteiger partial charge in [0, 0.05) is 13.5 Å². The molecule has 24 heavy (non-hydrogen) atoms. The van der Waals surface area contributed by atoms with Gasteiger partial charge in [0.2, 0.25) is 5.89 Å². The highest BCUT2D eigenvalue weighted by atomic mass is 127. The van der Waals surface area contributed by atoms with Crippen LogP contribution in [0.25, 0.3) is 0 Å². The number of aryl methyl sites for hydroxylation is 2. The number of hydrogen-bond acceptors (Lipinski definition) is 4. The minimum atomic E-state index is 0. The summed E-state index contributed by atoms with van der Waals surface area (Å²) in [5, 5.41) is 10.5. The molecule has 0 aliphatic carbocycles. The fourth-order valence-corrected chi connectivity index (χ4v) is 2.00. The normalized spacial score (nSPS) is 11.0.